The molecule has 0 saturated heterocycles. The normalized spacial score (nSPS) is 11.9. The molecule has 0 aromatic heterocycles. The van der Waals surface area contributed by atoms with Crippen LogP contribution in [0.3, 0.4) is 0 Å². The van der Waals surface area contributed by atoms with Crippen LogP contribution in [0.4, 0.5) is 0 Å². The second-order valence-corrected chi connectivity index (χ2v) is 7.48. The molecule has 0 spiro atoms. The number of unbranched alkanes of at least 4 members (excludes halogenated alkanes) is 1. The van der Waals surface area contributed by atoms with Gasteiger partial charge in [0.15, 0.2) is 0 Å². The van der Waals surface area contributed by atoms with Crippen molar-refractivity contribution in [3.8, 4) is 5.75 Å². The minimum absolute atomic E-state index is 0.0673. The number of aryl methyl sites for hydroxylation is 1. The SMILES string of the molecule is CCCCOc1cc(C(C)C)c(S(=O)(=O)Cl)cc1C. The number of hydrogen-bond donors (Lipinski definition) is 0. The quantitative estimate of drug-likeness (QED) is 0.583. The molecule has 0 heterocycles. The molecule has 0 amide bonds. The summed E-state index contributed by atoms with van der Waals surface area (Å²) >= 11 is 0. The molecule has 108 valence electrons. The van der Waals surface area contributed by atoms with Gasteiger partial charge in [0.2, 0.25) is 0 Å². The summed E-state index contributed by atoms with van der Waals surface area (Å²) in [5.41, 5.74) is 1.49. The maximum Gasteiger partial charge on any atom is 0.261 e. The van der Waals surface area contributed by atoms with Gasteiger partial charge in [-0.1, -0.05) is 27.2 Å². The average molecular weight is 305 g/mol. The van der Waals surface area contributed by atoms with Gasteiger partial charge in [-0.15, -0.1) is 0 Å². The highest BCUT2D eigenvalue weighted by molar-refractivity contribution is 8.13. The minimum Gasteiger partial charge on any atom is -0.493 e. The third-order valence-corrected chi connectivity index (χ3v) is 4.33. The van der Waals surface area contributed by atoms with Crippen LogP contribution in [-0.2, 0) is 9.05 Å². The molecule has 0 bridgehead atoms. The van der Waals surface area contributed by atoms with Crippen LogP contribution in [-0.4, -0.2) is 15.0 Å². The third-order valence-electron chi connectivity index (χ3n) is 2.95. The van der Waals surface area contributed by atoms with Crippen molar-refractivity contribution < 1.29 is 13.2 Å². The molecule has 0 aliphatic carbocycles. The second-order valence-electron chi connectivity index (χ2n) is 4.95. The van der Waals surface area contributed by atoms with Crippen molar-refractivity contribution in [3.63, 3.8) is 0 Å². The van der Waals surface area contributed by atoms with Crippen molar-refractivity contribution in [2.75, 3.05) is 6.61 Å². The molecule has 3 nitrogen and oxygen atoms in total. The molecule has 0 aliphatic rings. The monoisotopic (exact) mass is 304 g/mol. The highest BCUT2D eigenvalue weighted by atomic mass is 35.7. The number of hydrogen-bond acceptors (Lipinski definition) is 3. The number of benzene rings is 1. The van der Waals surface area contributed by atoms with Crippen molar-refractivity contribution >= 4 is 19.7 Å². The fraction of sp³-hybridized carbons (Fsp3) is 0.571. The van der Waals surface area contributed by atoms with Crippen LogP contribution in [0.15, 0.2) is 17.0 Å². The lowest BCUT2D eigenvalue weighted by Crippen LogP contribution is -2.04. The van der Waals surface area contributed by atoms with Gasteiger partial charge in [-0.05, 0) is 42.5 Å². The molecule has 0 fully saturated rings. The van der Waals surface area contributed by atoms with Gasteiger partial charge in [-0.3, -0.25) is 0 Å². The van der Waals surface area contributed by atoms with E-state index in [-0.39, 0.29) is 10.8 Å². The minimum atomic E-state index is -3.73. The molecule has 1 aromatic carbocycles. The van der Waals surface area contributed by atoms with E-state index in [9.17, 15) is 8.42 Å². The second kappa shape index (κ2) is 6.62. The summed E-state index contributed by atoms with van der Waals surface area (Å²) in [7, 11) is 1.76. The predicted molar refractivity (Wildman–Crippen MR) is 78.7 cm³/mol. The predicted octanol–water partition coefficient (Wildman–Crippen LogP) is 4.22. The van der Waals surface area contributed by atoms with Crippen LogP contribution >= 0.6 is 10.7 Å². The lowest BCUT2D eigenvalue weighted by molar-refractivity contribution is 0.306. The lowest BCUT2D eigenvalue weighted by Gasteiger charge is -2.16. The van der Waals surface area contributed by atoms with E-state index in [1.807, 2.05) is 20.8 Å². The molecule has 19 heavy (non-hydrogen) atoms. The molecular formula is C14H21ClO3S. The Morgan fingerprint density at radius 3 is 2.42 bits per heavy atom. The first-order valence-corrected chi connectivity index (χ1v) is 8.80. The van der Waals surface area contributed by atoms with E-state index in [1.165, 1.54) is 0 Å². The first kappa shape index (κ1) is 16.3. The Hall–Kier alpha value is -0.740. The Labute approximate surface area is 120 Å². The van der Waals surface area contributed by atoms with Gasteiger partial charge in [0.25, 0.3) is 9.05 Å². The van der Waals surface area contributed by atoms with Crippen LogP contribution in [0.2, 0.25) is 0 Å². The zero-order valence-corrected chi connectivity index (χ0v) is 13.4. The Kier molecular flexibility index (Phi) is 5.68. The molecule has 0 N–H and O–H groups in total. The molecule has 0 saturated carbocycles. The Bertz CT molecular complexity index is 536. The molecule has 0 unspecified atom stereocenters. The summed E-state index contributed by atoms with van der Waals surface area (Å²) in [6, 6.07) is 3.39. The van der Waals surface area contributed by atoms with Gasteiger partial charge < -0.3 is 4.74 Å². The fourth-order valence-corrected chi connectivity index (χ4v) is 3.12. The average Bonchev–Trinajstić information content (AvgIpc) is 2.29. The van der Waals surface area contributed by atoms with E-state index < -0.39 is 9.05 Å². The number of rotatable bonds is 6. The number of ether oxygens (including phenoxy) is 1. The Balaban J connectivity index is 3.21. The summed E-state index contributed by atoms with van der Waals surface area (Å²) in [5.74, 6) is 0.805. The molecule has 0 aliphatic heterocycles. The molecule has 1 aromatic rings. The zero-order valence-electron chi connectivity index (χ0n) is 11.9. The van der Waals surface area contributed by atoms with E-state index in [4.69, 9.17) is 15.4 Å². The summed E-state index contributed by atoms with van der Waals surface area (Å²) in [4.78, 5) is 0.185. The Morgan fingerprint density at radius 2 is 1.95 bits per heavy atom. The van der Waals surface area contributed by atoms with Gasteiger partial charge in [0.05, 0.1) is 11.5 Å². The van der Waals surface area contributed by atoms with E-state index in [0.717, 1.165) is 24.2 Å². The highest BCUT2D eigenvalue weighted by Crippen LogP contribution is 2.32. The molecule has 1 rings (SSSR count). The van der Waals surface area contributed by atoms with E-state index in [1.54, 1.807) is 12.1 Å². The van der Waals surface area contributed by atoms with E-state index in [2.05, 4.69) is 6.92 Å². The van der Waals surface area contributed by atoms with Crippen molar-refractivity contribution in [2.45, 2.75) is 51.3 Å². The molecule has 0 radical (unpaired) electrons. The van der Waals surface area contributed by atoms with Crippen molar-refractivity contribution in [2.24, 2.45) is 0 Å². The summed E-state index contributed by atoms with van der Waals surface area (Å²) in [6.45, 7) is 8.44. The highest BCUT2D eigenvalue weighted by Gasteiger charge is 2.20. The van der Waals surface area contributed by atoms with Crippen LogP contribution in [0.5, 0.6) is 5.75 Å². The maximum atomic E-state index is 11.6. The van der Waals surface area contributed by atoms with Crippen molar-refractivity contribution in [3.05, 3.63) is 23.3 Å². The van der Waals surface area contributed by atoms with E-state index in [0.29, 0.717) is 12.2 Å². The first-order chi connectivity index (χ1) is 8.77. The smallest absolute Gasteiger partial charge is 0.261 e. The van der Waals surface area contributed by atoms with Gasteiger partial charge in [0, 0.05) is 10.7 Å². The lowest BCUT2D eigenvalue weighted by atomic mass is 10.0. The van der Waals surface area contributed by atoms with Gasteiger partial charge >= 0.3 is 0 Å². The van der Waals surface area contributed by atoms with Crippen LogP contribution in [0.25, 0.3) is 0 Å². The van der Waals surface area contributed by atoms with Crippen molar-refractivity contribution in [1.29, 1.82) is 0 Å². The summed E-state index contributed by atoms with van der Waals surface area (Å²) in [5, 5.41) is 0. The maximum absolute atomic E-state index is 11.6. The van der Waals surface area contributed by atoms with Crippen LogP contribution in [0, 0.1) is 6.92 Å². The van der Waals surface area contributed by atoms with Gasteiger partial charge in [-0.2, -0.15) is 0 Å². The molecule has 5 heteroatoms. The van der Waals surface area contributed by atoms with Crippen molar-refractivity contribution in [1.82, 2.24) is 0 Å². The molecule has 0 atom stereocenters. The summed E-state index contributed by atoms with van der Waals surface area (Å²) in [6.07, 6.45) is 2.04. The summed E-state index contributed by atoms with van der Waals surface area (Å²) < 4.78 is 28.9. The van der Waals surface area contributed by atoms with Gasteiger partial charge in [-0.25, -0.2) is 8.42 Å². The van der Waals surface area contributed by atoms with Gasteiger partial charge in [0.1, 0.15) is 5.75 Å². The topological polar surface area (TPSA) is 43.4 Å². The number of halogens is 1. The Morgan fingerprint density at radius 1 is 1.32 bits per heavy atom. The zero-order chi connectivity index (χ0) is 14.6. The molecular weight excluding hydrogens is 284 g/mol. The van der Waals surface area contributed by atoms with Crippen LogP contribution < -0.4 is 4.74 Å². The fourth-order valence-electron chi connectivity index (χ4n) is 1.82. The first-order valence-electron chi connectivity index (χ1n) is 6.49. The third kappa shape index (κ3) is 4.39. The van der Waals surface area contributed by atoms with Crippen LogP contribution in [0.1, 0.15) is 50.7 Å². The van der Waals surface area contributed by atoms with E-state index >= 15 is 0 Å². The largest absolute Gasteiger partial charge is 0.493 e. The standard InChI is InChI=1S/C14H21ClO3S/c1-5-6-7-18-13-9-12(10(2)3)14(8-11(13)4)19(15,16)17/h8-10H,5-7H2,1-4H3.